The fraction of sp³-hybridized carbons (Fsp3) is 0.355. The third-order valence-corrected chi connectivity index (χ3v) is 7.80. The van der Waals surface area contributed by atoms with Crippen LogP contribution in [0.4, 0.5) is 0 Å². The summed E-state index contributed by atoms with van der Waals surface area (Å²) in [6, 6.07) is 24.7. The van der Waals surface area contributed by atoms with Gasteiger partial charge >= 0.3 is 11.9 Å². The van der Waals surface area contributed by atoms with Crippen LogP contribution in [0.3, 0.4) is 0 Å². The van der Waals surface area contributed by atoms with E-state index in [1.165, 1.54) is 26.0 Å². The summed E-state index contributed by atoms with van der Waals surface area (Å²) in [5.74, 6) is -1.38. The summed E-state index contributed by atoms with van der Waals surface area (Å²) in [5.41, 5.74) is 0.847. The third kappa shape index (κ3) is 8.24. The monoisotopic (exact) mass is 598 g/mol. The van der Waals surface area contributed by atoms with Gasteiger partial charge in [-0.2, -0.15) is 8.42 Å². The molecule has 0 amide bonds. The summed E-state index contributed by atoms with van der Waals surface area (Å²) in [5, 5.41) is 0. The van der Waals surface area contributed by atoms with Crippen molar-refractivity contribution < 1.29 is 45.9 Å². The maximum Gasteiger partial charge on any atom is 0.305 e. The standard InChI is InChI=1S/C31H34O10S/c1-22-14-16-27(17-15-22)42(34,35)38-21-31(20-36-18-25-10-6-4-7-11-25)29(37-19-26-12-8-5-9-13-26)28(39-23(2)32)30(41-31)40-24(3)33/h4-17,28-30H,18-21H2,1-3H3. The molecule has 3 aromatic rings. The molecule has 1 aliphatic rings. The molecule has 0 aromatic heterocycles. The highest BCUT2D eigenvalue weighted by atomic mass is 32.2. The number of rotatable bonds is 13. The van der Waals surface area contributed by atoms with E-state index in [1.807, 2.05) is 67.6 Å². The number of carbonyl (C=O) groups excluding carboxylic acids is 2. The van der Waals surface area contributed by atoms with Gasteiger partial charge in [-0.1, -0.05) is 78.4 Å². The summed E-state index contributed by atoms with van der Waals surface area (Å²) in [6.45, 7) is 3.57. The first-order valence-electron chi connectivity index (χ1n) is 13.3. The number of hydrogen-bond acceptors (Lipinski definition) is 10. The highest BCUT2D eigenvalue weighted by Gasteiger charge is 2.60. The predicted octanol–water partition coefficient (Wildman–Crippen LogP) is 4.09. The van der Waals surface area contributed by atoms with Gasteiger partial charge in [-0.25, -0.2) is 0 Å². The summed E-state index contributed by atoms with van der Waals surface area (Å²) in [7, 11) is -4.26. The van der Waals surface area contributed by atoms with Crippen LogP contribution >= 0.6 is 0 Å². The Balaban J connectivity index is 1.69. The molecule has 0 N–H and O–H groups in total. The SMILES string of the molecule is CC(=O)OC1OC(COCc2ccccc2)(COS(=O)(=O)c2ccc(C)cc2)C(OCc2ccccc2)C1OC(C)=O. The van der Waals surface area contributed by atoms with Crippen molar-refractivity contribution in [2.75, 3.05) is 13.2 Å². The average molecular weight is 599 g/mol. The van der Waals surface area contributed by atoms with Gasteiger partial charge in [0.15, 0.2) is 11.7 Å². The van der Waals surface area contributed by atoms with Gasteiger partial charge in [0.25, 0.3) is 10.1 Å². The zero-order chi connectivity index (χ0) is 30.2. The Hall–Kier alpha value is -3.61. The first-order valence-corrected chi connectivity index (χ1v) is 14.7. The second kappa shape index (κ2) is 14.0. The van der Waals surface area contributed by atoms with Crippen LogP contribution in [0.15, 0.2) is 89.8 Å². The second-order valence-corrected chi connectivity index (χ2v) is 11.6. The van der Waals surface area contributed by atoms with Gasteiger partial charge in [0.2, 0.25) is 6.29 Å². The molecule has 0 saturated carbocycles. The Bertz CT molecular complexity index is 1430. The number of esters is 2. The van der Waals surface area contributed by atoms with Gasteiger partial charge < -0.3 is 23.7 Å². The normalized spacial score (nSPS) is 22.0. The van der Waals surface area contributed by atoms with Gasteiger partial charge in [0.05, 0.1) is 24.7 Å². The molecular formula is C31H34O10S. The molecule has 10 nitrogen and oxygen atoms in total. The van der Waals surface area contributed by atoms with Crippen LogP contribution in [0, 0.1) is 6.92 Å². The topological polar surface area (TPSA) is 124 Å². The zero-order valence-electron chi connectivity index (χ0n) is 23.6. The average Bonchev–Trinajstić information content (AvgIpc) is 3.23. The number of ether oxygens (including phenoxy) is 5. The van der Waals surface area contributed by atoms with Crippen LogP contribution in [-0.4, -0.2) is 57.7 Å². The highest BCUT2D eigenvalue weighted by molar-refractivity contribution is 7.86. The minimum absolute atomic E-state index is 0.0462. The van der Waals surface area contributed by atoms with Crippen molar-refractivity contribution >= 4 is 22.1 Å². The van der Waals surface area contributed by atoms with Gasteiger partial charge in [-0.3, -0.25) is 13.8 Å². The summed E-state index contributed by atoms with van der Waals surface area (Å²) < 4.78 is 61.4. The largest absolute Gasteiger partial charge is 0.453 e. The molecule has 3 aromatic carbocycles. The van der Waals surface area contributed by atoms with Crippen LogP contribution in [0.2, 0.25) is 0 Å². The maximum atomic E-state index is 13.2. The maximum absolute atomic E-state index is 13.2. The molecule has 42 heavy (non-hydrogen) atoms. The van der Waals surface area contributed by atoms with Crippen LogP contribution in [0.25, 0.3) is 0 Å². The first kappa shape index (κ1) is 31.3. The summed E-state index contributed by atoms with van der Waals surface area (Å²) in [6.07, 6.45) is -3.82. The summed E-state index contributed by atoms with van der Waals surface area (Å²) in [4.78, 5) is 24.1. The van der Waals surface area contributed by atoms with Gasteiger partial charge in [0, 0.05) is 13.8 Å². The van der Waals surface area contributed by atoms with E-state index in [1.54, 1.807) is 12.1 Å². The van der Waals surface area contributed by atoms with E-state index in [4.69, 9.17) is 27.9 Å². The van der Waals surface area contributed by atoms with Crippen LogP contribution in [0.5, 0.6) is 0 Å². The van der Waals surface area contributed by atoms with E-state index in [0.29, 0.717) is 0 Å². The Morgan fingerprint density at radius 3 is 1.93 bits per heavy atom. The number of hydrogen-bond donors (Lipinski definition) is 0. The minimum atomic E-state index is -4.26. The van der Waals surface area contributed by atoms with Gasteiger partial charge in [-0.15, -0.1) is 0 Å². The van der Waals surface area contributed by atoms with Crippen molar-refractivity contribution in [3.8, 4) is 0 Å². The molecule has 1 saturated heterocycles. The quantitative estimate of drug-likeness (QED) is 0.210. The van der Waals surface area contributed by atoms with Crippen LogP contribution in [0.1, 0.15) is 30.5 Å². The number of benzene rings is 3. The lowest BCUT2D eigenvalue weighted by Gasteiger charge is -2.34. The number of carbonyl (C=O) groups is 2. The van der Waals surface area contributed by atoms with E-state index in [2.05, 4.69) is 0 Å². The van der Waals surface area contributed by atoms with Crippen LogP contribution < -0.4 is 0 Å². The molecule has 4 unspecified atom stereocenters. The molecule has 0 bridgehead atoms. The minimum Gasteiger partial charge on any atom is -0.453 e. The molecule has 0 aliphatic carbocycles. The van der Waals surface area contributed by atoms with Gasteiger partial charge in [-0.05, 0) is 30.2 Å². The molecule has 1 aliphatic heterocycles. The van der Waals surface area contributed by atoms with Crippen LogP contribution in [-0.2, 0) is 60.8 Å². The lowest BCUT2D eigenvalue weighted by atomic mass is 9.96. The summed E-state index contributed by atoms with van der Waals surface area (Å²) >= 11 is 0. The van der Waals surface area contributed by atoms with Crippen molar-refractivity contribution in [3.05, 3.63) is 102 Å². The third-order valence-electron chi connectivity index (χ3n) is 6.52. The fourth-order valence-corrected chi connectivity index (χ4v) is 5.48. The molecule has 0 radical (unpaired) electrons. The van der Waals surface area contributed by atoms with E-state index < -0.39 is 52.8 Å². The Kier molecular flexibility index (Phi) is 10.5. The first-order chi connectivity index (χ1) is 20.1. The van der Waals surface area contributed by atoms with Crippen molar-refractivity contribution in [1.29, 1.82) is 0 Å². The Labute approximate surface area is 245 Å². The Morgan fingerprint density at radius 1 is 0.786 bits per heavy atom. The van der Waals surface area contributed by atoms with E-state index in [0.717, 1.165) is 16.7 Å². The van der Waals surface area contributed by atoms with E-state index >= 15 is 0 Å². The smallest absolute Gasteiger partial charge is 0.305 e. The molecular weight excluding hydrogens is 564 g/mol. The molecule has 1 heterocycles. The lowest BCUT2D eigenvalue weighted by molar-refractivity contribution is -0.217. The molecule has 224 valence electrons. The molecule has 4 rings (SSSR count). The lowest BCUT2D eigenvalue weighted by Crippen LogP contribution is -2.53. The fourth-order valence-electron chi connectivity index (χ4n) is 4.52. The van der Waals surface area contributed by atoms with Crippen molar-refractivity contribution in [1.82, 2.24) is 0 Å². The Morgan fingerprint density at radius 2 is 1.36 bits per heavy atom. The van der Waals surface area contributed by atoms with Crippen molar-refractivity contribution in [3.63, 3.8) is 0 Å². The zero-order valence-corrected chi connectivity index (χ0v) is 24.5. The highest BCUT2D eigenvalue weighted by Crippen LogP contribution is 2.38. The molecule has 0 spiro atoms. The predicted molar refractivity (Wildman–Crippen MR) is 150 cm³/mol. The van der Waals surface area contributed by atoms with Crippen molar-refractivity contribution in [2.24, 2.45) is 0 Å². The van der Waals surface area contributed by atoms with E-state index in [-0.39, 0.29) is 24.7 Å². The van der Waals surface area contributed by atoms with Crippen molar-refractivity contribution in [2.45, 2.75) is 63.0 Å². The molecule has 1 fully saturated rings. The number of aryl methyl sites for hydroxylation is 1. The van der Waals surface area contributed by atoms with Gasteiger partial charge in [0.1, 0.15) is 12.7 Å². The van der Waals surface area contributed by atoms with E-state index in [9.17, 15) is 18.0 Å². The molecule has 11 heteroatoms. The molecule has 4 atom stereocenters. The second-order valence-electron chi connectivity index (χ2n) is 9.96.